The third-order valence-corrected chi connectivity index (χ3v) is 3.55. The molecule has 0 saturated carbocycles. The molecule has 2 N–H and O–H groups in total. The third-order valence-electron chi connectivity index (χ3n) is 3.55. The Morgan fingerprint density at radius 3 is 2.63 bits per heavy atom. The van der Waals surface area contributed by atoms with Crippen molar-refractivity contribution in [2.45, 2.75) is 26.1 Å². The normalized spacial score (nSPS) is 12.1. The number of aromatic nitrogens is 2. The fourth-order valence-corrected chi connectivity index (χ4v) is 2.38. The van der Waals surface area contributed by atoms with Crippen LogP contribution in [0.3, 0.4) is 0 Å². The van der Waals surface area contributed by atoms with Gasteiger partial charge in [0.2, 0.25) is 0 Å². The van der Waals surface area contributed by atoms with Gasteiger partial charge in [0.25, 0.3) is 0 Å². The number of ether oxygens (including phenoxy) is 1. The van der Waals surface area contributed by atoms with Gasteiger partial charge in [0.1, 0.15) is 5.75 Å². The smallest absolute Gasteiger partial charge is 0.435 e. The van der Waals surface area contributed by atoms with Crippen molar-refractivity contribution in [3.63, 3.8) is 0 Å². The van der Waals surface area contributed by atoms with Crippen LogP contribution in [0.2, 0.25) is 0 Å². The predicted molar refractivity (Wildman–Crippen MR) is 97.6 cm³/mol. The van der Waals surface area contributed by atoms with E-state index in [4.69, 9.17) is 4.74 Å². The van der Waals surface area contributed by atoms with Crippen LogP contribution in [0, 0.1) is 0 Å². The standard InChI is InChI=1S/C18H24F3N5O/c1-3-22-17(23-10-7-11-27-15-8-5-4-6-9-15)24-12-14-13-26(2)25-16(14)18(19,20)21/h4-6,8-9,13H,3,7,10-12H2,1-2H3,(H2,22,23,24). The fraction of sp³-hybridized carbons (Fsp3) is 0.444. The van der Waals surface area contributed by atoms with Gasteiger partial charge in [-0.25, -0.2) is 4.99 Å². The van der Waals surface area contributed by atoms with Crippen molar-refractivity contribution in [2.75, 3.05) is 19.7 Å². The Bertz CT molecular complexity index is 728. The molecule has 0 aliphatic carbocycles. The molecule has 1 aromatic heterocycles. The van der Waals surface area contributed by atoms with Gasteiger partial charge in [0.15, 0.2) is 11.7 Å². The van der Waals surface area contributed by atoms with Gasteiger partial charge in [-0.05, 0) is 25.5 Å². The van der Waals surface area contributed by atoms with E-state index in [2.05, 4.69) is 20.7 Å². The summed E-state index contributed by atoms with van der Waals surface area (Å²) in [5, 5.41) is 9.59. The number of guanidine groups is 1. The molecule has 0 radical (unpaired) electrons. The average Bonchev–Trinajstić information content (AvgIpc) is 3.01. The minimum absolute atomic E-state index is 0.0367. The summed E-state index contributed by atoms with van der Waals surface area (Å²) in [5.74, 6) is 1.25. The maximum absolute atomic E-state index is 13.0. The molecular formula is C18H24F3N5O. The van der Waals surface area contributed by atoms with Crippen LogP contribution in [0.15, 0.2) is 41.5 Å². The molecule has 0 unspecified atom stereocenters. The highest BCUT2D eigenvalue weighted by atomic mass is 19.4. The van der Waals surface area contributed by atoms with Gasteiger partial charge in [-0.15, -0.1) is 0 Å². The van der Waals surface area contributed by atoms with E-state index in [-0.39, 0.29) is 12.1 Å². The van der Waals surface area contributed by atoms with E-state index in [0.29, 0.717) is 25.7 Å². The molecule has 0 fully saturated rings. The van der Waals surface area contributed by atoms with Crippen LogP contribution >= 0.6 is 0 Å². The first-order valence-electron chi connectivity index (χ1n) is 8.70. The lowest BCUT2D eigenvalue weighted by molar-refractivity contribution is -0.142. The molecule has 6 nitrogen and oxygen atoms in total. The first-order chi connectivity index (χ1) is 12.9. The Kier molecular flexibility index (Phi) is 7.51. The van der Waals surface area contributed by atoms with Gasteiger partial charge >= 0.3 is 6.18 Å². The summed E-state index contributed by atoms with van der Waals surface area (Å²) >= 11 is 0. The number of alkyl halides is 3. The molecule has 148 valence electrons. The quantitative estimate of drug-likeness (QED) is 0.418. The molecule has 0 aliphatic heterocycles. The largest absolute Gasteiger partial charge is 0.494 e. The SMILES string of the molecule is CCNC(=NCc1cn(C)nc1C(F)(F)F)NCCCOc1ccccc1. The topological polar surface area (TPSA) is 63.5 Å². The summed E-state index contributed by atoms with van der Waals surface area (Å²) in [6.45, 7) is 3.49. The number of aliphatic imine (C=N–C) groups is 1. The molecule has 0 aliphatic rings. The van der Waals surface area contributed by atoms with Gasteiger partial charge in [-0.2, -0.15) is 18.3 Å². The molecule has 0 saturated heterocycles. The second-order valence-electron chi connectivity index (χ2n) is 5.81. The zero-order valence-electron chi connectivity index (χ0n) is 15.4. The lowest BCUT2D eigenvalue weighted by Crippen LogP contribution is -2.38. The molecular weight excluding hydrogens is 359 g/mol. The summed E-state index contributed by atoms with van der Waals surface area (Å²) in [6.07, 6.45) is -2.43. The van der Waals surface area contributed by atoms with E-state index in [1.54, 1.807) is 0 Å². The van der Waals surface area contributed by atoms with E-state index in [9.17, 15) is 13.2 Å². The van der Waals surface area contributed by atoms with Crippen LogP contribution in [0.1, 0.15) is 24.6 Å². The van der Waals surface area contributed by atoms with Gasteiger partial charge in [-0.3, -0.25) is 4.68 Å². The number of halogens is 3. The first-order valence-corrected chi connectivity index (χ1v) is 8.70. The van der Waals surface area contributed by atoms with Crippen LogP contribution in [-0.4, -0.2) is 35.4 Å². The summed E-state index contributed by atoms with van der Waals surface area (Å²) in [6, 6.07) is 9.48. The maximum atomic E-state index is 13.0. The molecule has 0 spiro atoms. The summed E-state index contributed by atoms with van der Waals surface area (Å²) in [4.78, 5) is 4.23. The fourth-order valence-electron chi connectivity index (χ4n) is 2.38. The minimum atomic E-state index is -4.49. The minimum Gasteiger partial charge on any atom is -0.494 e. The molecule has 1 aromatic carbocycles. The number of nitrogens with zero attached hydrogens (tertiary/aromatic N) is 3. The molecule has 1 heterocycles. The number of para-hydroxylation sites is 1. The second kappa shape index (κ2) is 9.84. The van der Waals surface area contributed by atoms with Crippen LogP contribution in [-0.2, 0) is 19.8 Å². The number of aryl methyl sites for hydroxylation is 1. The molecule has 9 heteroatoms. The average molecular weight is 383 g/mol. The highest BCUT2D eigenvalue weighted by Crippen LogP contribution is 2.30. The van der Waals surface area contributed by atoms with Crippen LogP contribution in [0.5, 0.6) is 5.75 Å². The summed E-state index contributed by atoms with van der Waals surface area (Å²) in [7, 11) is 1.46. The lowest BCUT2D eigenvalue weighted by Gasteiger charge is -2.12. The van der Waals surface area contributed by atoms with Crippen molar-refractivity contribution >= 4 is 5.96 Å². The number of hydrogen-bond donors (Lipinski definition) is 2. The van der Waals surface area contributed by atoms with E-state index < -0.39 is 11.9 Å². The van der Waals surface area contributed by atoms with Gasteiger partial charge in [0, 0.05) is 31.9 Å². The summed E-state index contributed by atoms with van der Waals surface area (Å²) < 4.78 is 45.7. The van der Waals surface area contributed by atoms with Crippen molar-refractivity contribution in [1.82, 2.24) is 20.4 Å². The molecule has 0 atom stereocenters. The first kappa shape index (κ1) is 20.6. The Hall–Kier alpha value is -2.71. The van der Waals surface area contributed by atoms with Crippen LogP contribution in [0.4, 0.5) is 13.2 Å². The monoisotopic (exact) mass is 383 g/mol. The van der Waals surface area contributed by atoms with E-state index in [1.807, 2.05) is 37.3 Å². The molecule has 2 rings (SSSR count). The Balaban J connectivity index is 1.85. The van der Waals surface area contributed by atoms with Crippen molar-refractivity contribution in [3.05, 3.63) is 47.8 Å². The zero-order valence-corrected chi connectivity index (χ0v) is 15.4. The highest BCUT2D eigenvalue weighted by molar-refractivity contribution is 5.79. The molecule has 0 bridgehead atoms. The summed E-state index contributed by atoms with van der Waals surface area (Å²) in [5.41, 5.74) is -0.865. The van der Waals surface area contributed by atoms with E-state index in [1.165, 1.54) is 13.2 Å². The molecule has 27 heavy (non-hydrogen) atoms. The predicted octanol–water partition coefficient (Wildman–Crippen LogP) is 2.96. The van der Waals surface area contributed by atoms with Crippen molar-refractivity contribution in [1.29, 1.82) is 0 Å². The van der Waals surface area contributed by atoms with Gasteiger partial charge < -0.3 is 15.4 Å². The van der Waals surface area contributed by atoms with E-state index >= 15 is 0 Å². The number of benzene rings is 1. The van der Waals surface area contributed by atoms with Crippen LogP contribution < -0.4 is 15.4 Å². The Morgan fingerprint density at radius 2 is 1.96 bits per heavy atom. The van der Waals surface area contributed by atoms with Crippen molar-refractivity contribution in [2.24, 2.45) is 12.0 Å². The van der Waals surface area contributed by atoms with Crippen molar-refractivity contribution < 1.29 is 17.9 Å². The second-order valence-corrected chi connectivity index (χ2v) is 5.81. The van der Waals surface area contributed by atoms with Gasteiger partial charge in [-0.1, -0.05) is 18.2 Å². The molecule has 0 amide bonds. The Labute approximate surface area is 156 Å². The number of hydrogen-bond acceptors (Lipinski definition) is 3. The number of rotatable bonds is 8. The number of nitrogens with one attached hydrogen (secondary N) is 2. The third kappa shape index (κ3) is 6.84. The van der Waals surface area contributed by atoms with Gasteiger partial charge in [0.05, 0.1) is 13.2 Å². The van der Waals surface area contributed by atoms with E-state index in [0.717, 1.165) is 16.9 Å². The van der Waals surface area contributed by atoms with Crippen molar-refractivity contribution in [3.8, 4) is 5.75 Å². The lowest BCUT2D eigenvalue weighted by atomic mass is 10.2. The highest BCUT2D eigenvalue weighted by Gasteiger charge is 2.36. The maximum Gasteiger partial charge on any atom is 0.435 e. The molecule has 2 aromatic rings. The van der Waals surface area contributed by atoms with Crippen LogP contribution in [0.25, 0.3) is 0 Å². The Morgan fingerprint density at radius 1 is 1.22 bits per heavy atom. The zero-order chi connectivity index (χ0) is 19.7.